The third kappa shape index (κ3) is 4.63. The van der Waals surface area contributed by atoms with E-state index in [1.165, 1.54) is 19.4 Å². The van der Waals surface area contributed by atoms with Crippen LogP contribution >= 0.6 is 11.6 Å². The second kappa shape index (κ2) is 9.33. The summed E-state index contributed by atoms with van der Waals surface area (Å²) >= 11 is 6.28. The zero-order valence-corrected chi connectivity index (χ0v) is 17.5. The first-order valence-corrected chi connectivity index (χ1v) is 10.0. The van der Waals surface area contributed by atoms with Crippen LogP contribution in [0.5, 0.6) is 17.2 Å². The fourth-order valence-electron chi connectivity index (χ4n) is 3.24. The number of hydrogen-bond donors (Lipinski definition) is 1. The van der Waals surface area contributed by atoms with Gasteiger partial charge < -0.3 is 29.6 Å². The predicted molar refractivity (Wildman–Crippen MR) is 113 cm³/mol. The van der Waals surface area contributed by atoms with Gasteiger partial charge in [0.1, 0.15) is 22.9 Å². The van der Waals surface area contributed by atoms with E-state index >= 15 is 0 Å². The van der Waals surface area contributed by atoms with Crippen molar-refractivity contribution in [3.05, 3.63) is 45.9 Å². The van der Waals surface area contributed by atoms with E-state index in [2.05, 4.69) is 20.3 Å². The molecule has 0 amide bonds. The van der Waals surface area contributed by atoms with Gasteiger partial charge in [-0.25, -0.2) is 4.52 Å². The van der Waals surface area contributed by atoms with E-state index in [-0.39, 0.29) is 22.3 Å². The molecule has 1 aliphatic heterocycles. The number of ether oxygens (including phenoxy) is 3. The number of fused-ring (bicyclic) bond motifs is 1. The van der Waals surface area contributed by atoms with Gasteiger partial charge in [0.2, 0.25) is 0 Å². The van der Waals surface area contributed by atoms with Crippen molar-refractivity contribution in [1.29, 1.82) is 0 Å². The molecule has 12 heteroatoms. The van der Waals surface area contributed by atoms with Gasteiger partial charge in [-0.2, -0.15) is 5.10 Å². The Bertz CT molecular complexity index is 1090. The van der Waals surface area contributed by atoms with Crippen molar-refractivity contribution in [2.45, 2.75) is 0 Å². The summed E-state index contributed by atoms with van der Waals surface area (Å²) < 4.78 is 18.7. The van der Waals surface area contributed by atoms with Crippen LogP contribution in [0.25, 0.3) is 5.52 Å². The summed E-state index contributed by atoms with van der Waals surface area (Å²) in [7, 11) is 1.52. The molecule has 0 bridgehead atoms. The zero-order valence-electron chi connectivity index (χ0n) is 16.8. The summed E-state index contributed by atoms with van der Waals surface area (Å²) in [6, 6.07) is 3.65. The maximum Gasteiger partial charge on any atom is 0.388 e. The van der Waals surface area contributed by atoms with Crippen LogP contribution in [0.1, 0.15) is 0 Å². The maximum atomic E-state index is 11.1. The molecule has 0 aromatic carbocycles. The van der Waals surface area contributed by atoms with Gasteiger partial charge in [-0.05, 0) is 22.0 Å². The molecule has 11 nitrogen and oxygen atoms in total. The van der Waals surface area contributed by atoms with E-state index in [4.69, 9.17) is 25.8 Å². The smallest absolute Gasteiger partial charge is 0.388 e. The van der Waals surface area contributed by atoms with Crippen molar-refractivity contribution in [3.8, 4) is 17.2 Å². The molecule has 0 unspecified atom stereocenters. The Morgan fingerprint density at radius 2 is 2.10 bits per heavy atom. The average Bonchev–Trinajstić information content (AvgIpc) is 3.17. The Balaban J connectivity index is 1.46. The number of rotatable bonds is 8. The van der Waals surface area contributed by atoms with Crippen LogP contribution in [0.15, 0.2) is 30.7 Å². The van der Waals surface area contributed by atoms with E-state index in [0.717, 1.165) is 32.8 Å². The SMILES string of the molecule is CNc1c([N+](=O)[O-])ncc(Oc2cnn3cc(OCCN4CCOCC4)ccc23)c1Cl. The molecule has 164 valence electrons. The van der Waals surface area contributed by atoms with Gasteiger partial charge in [0.05, 0.1) is 25.6 Å². The van der Waals surface area contributed by atoms with Crippen LogP contribution < -0.4 is 14.8 Å². The zero-order chi connectivity index (χ0) is 21.8. The van der Waals surface area contributed by atoms with Gasteiger partial charge in [-0.15, -0.1) is 0 Å². The highest BCUT2D eigenvalue weighted by molar-refractivity contribution is 6.35. The number of morpholine rings is 1. The number of aromatic nitrogens is 3. The van der Waals surface area contributed by atoms with E-state index in [9.17, 15) is 10.1 Å². The largest absolute Gasteiger partial charge is 0.491 e. The number of nitrogens with zero attached hydrogens (tertiary/aromatic N) is 5. The lowest BCUT2D eigenvalue weighted by atomic mass is 10.3. The third-order valence-corrected chi connectivity index (χ3v) is 5.22. The van der Waals surface area contributed by atoms with Crippen LogP contribution in [-0.2, 0) is 4.74 Å². The van der Waals surface area contributed by atoms with Crippen LogP contribution in [0, 0.1) is 10.1 Å². The molecule has 1 saturated heterocycles. The second-order valence-corrected chi connectivity index (χ2v) is 7.13. The van der Waals surface area contributed by atoms with Crippen LogP contribution in [0.2, 0.25) is 5.02 Å². The molecule has 0 radical (unpaired) electrons. The van der Waals surface area contributed by atoms with Crippen molar-refractivity contribution in [3.63, 3.8) is 0 Å². The molecule has 0 saturated carbocycles. The van der Waals surface area contributed by atoms with Gasteiger partial charge in [0.25, 0.3) is 0 Å². The number of anilines is 1. The third-order valence-electron chi connectivity index (χ3n) is 4.84. The lowest BCUT2D eigenvalue weighted by Crippen LogP contribution is -2.38. The Labute approximate surface area is 182 Å². The Hall–Kier alpha value is -3.15. The van der Waals surface area contributed by atoms with E-state index in [1.807, 2.05) is 12.1 Å². The molecular formula is C19H21ClN6O5. The lowest BCUT2D eigenvalue weighted by molar-refractivity contribution is -0.388. The monoisotopic (exact) mass is 448 g/mol. The van der Waals surface area contributed by atoms with Gasteiger partial charge in [0, 0.05) is 26.7 Å². The minimum absolute atomic E-state index is 0.0617. The van der Waals surface area contributed by atoms with E-state index < -0.39 is 4.92 Å². The summed E-state index contributed by atoms with van der Waals surface area (Å²) in [5.74, 6) is 0.915. The van der Waals surface area contributed by atoms with E-state index in [1.54, 1.807) is 10.7 Å². The topological polar surface area (TPSA) is 116 Å². The summed E-state index contributed by atoms with van der Waals surface area (Å²) in [6.07, 6.45) is 4.51. The summed E-state index contributed by atoms with van der Waals surface area (Å²) in [5, 5.41) is 18.1. The molecular weight excluding hydrogens is 428 g/mol. The minimum atomic E-state index is -0.614. The summed E-state index contributed by atoms with van der Waals surface area (Å²) in [6.45, 7) is 4.73. The molecule has 1 fully saturated rings. The normalized spacial score (nSPS) is 14.5. The first-order chi connectivity index (χ1) is 15.1. The number of hydrogen-bond acceptors (Lipinski definition) is 9. The van der Waals surface area contributed by atoms with E-state index in [0.29, 0.717) is 23.6 Å². The molecule has 0 spiro atoms. The van der Waals surface area contributed by atoms with Crippen molar-refractivity contribution >= 4 is 28.6 Å². The van der Waals surface area contributed by atoms with Crippen molar-refractivity contribution in [2.75, 3.05) is 51.8 Å². The van der Waals surface area contributed by atoms with Gasteiger partial charge in [-0.3, -0.25) is 4.90 Å². The minimum Gasteiger partial charge on any atom is -0.491 e. The Morgan fingerprint density at radius 3 is 2.84 bits per heavy atom. The maximum absolute atomic E-state index is 11.1. The fourth-order valence-corrected chi connectivity index (χ4v) is 3.50. The number of pyridine rings is 2. The van der Waals surface area contributed by atoms with Gasteiger partial charge in [0.15, 0.2) is 23.4 Å². The van der Waals surface area contributed by atoms with Gasteiger partial charge in [-0.1, -0.05) is 11.6 Å². The standard InChI is InChI=1S/C19H21ClN6O5/c1-21-18-17(20)16(10-22-19(18)26(27)28)31-15-11-23-25-12-13(2-3-14(15)25)30-9-6-24-4-7-29-8-5-24/h2-3,10-12,21H,4-9H2,1H3. The molecule has 1 N–H and O–H groups in total. The molecule has 4 rings (SSSR count). The molecule has 3 aromatic rings. The summed E-state index contributed by atoms with van der Waals surface area (Å²) in [5.41, 5.74) is 0.762. The predicted octanol–water partition coefficient (Wildman–Crippen LogP) is 2.84. The Morgan fingerprint density at radius 1 is 1.29 bits per heavy atom. The first-order valence-electron chi connectivity index (χ1n) is 9.65. The number of nitrogens with one attached hydrogen (secondary N) is 1. The quantitative estimate of drug-likeness (QED) is 0.410. The Kier molecular flexibility index (Phi) is 6.35. The van der Waals surface area contributed by atoms with Crippen molar-refractivity contribution < 1.29 is 19.1 Å². The van der Waals surface area contributed by atoms with Crippen LogP contribution in [-0.4, -0.2) is 70.9 Å². The van der Waals surface area contributed by atoms with Crippen molar-refractivity contribution in [1.82, 2.24) is 19.5 Å². The lowest BCUT2D eigenvalue weighted by Gasteiger charge is -2.26. The molecule has 0 atom stereocenters. The van der Waals surface area contributed by atoms with Crippen LogP contribution in [0.4, 0.5) is 11.5 Å². The molecule has 0 aliphatic carbocycles. The highest BCUT2D eigenvalue weighted by Gasteiger charge is 2.23. The van der Waals surface area contributed by atoms with Crippen molar-refractivity contribution in [2.24, 2.45) is 0 Å². The first kappa shape index (κ1) is 21.1. The fraction of sp³-hybridized carbons (Fsp3) is 0.368. The second-order valence-electron chi connectivity index (χ2n) is 6.75. The highest BCUT2D eigenvalue weighted by Crippen LogP contribution is 2.39. The molecule has 3 aromatic heterocycles. The molecule has 31 heavy (non-hydrogen) atoms. The van der Waals surface area contributed by atoms with Gasteiger partial charge >= 0.3 is 5.82 Å². The average molecular weight is 449 g/mol. The summed E-state index contributed by atoms with van der Waals surface area (Å²) in [4.78, 5) is 16.6. The molecule has 1 aliphatic rings. The highest BCUT2D eigenvalue weighted by atomic mass is 35.5. The number of nitro groups is 1. The van der Waals surface area contributed by atoms with Crippen LogP contribution in [0.3, 0.4) is 0 Å². The number of halogens is 1. The molecule has 4 heterocycles.